The number of imide groups is 1. The molecule has 44 heavy (non-hydrogen) atoms. The normalized spacial score (nSPS) is 34.2. The standard InChI is InChI=1S/C35H49N5O3S/c1-22-20-38(21-23(2)39(22)12-10-35-17-25-14-26(18-35)16-27(15-25)19-35)11-5-13-44-30-7-4-6-28-32(30)34(43)40(24(3)36-28)29-8-9-31(41)37-33(29)42/h4,6-7,22-23,25-27,29H,5,8-21H2,1-3H3,(H,37,41,42). The summed E-state index contributed by atoms with van der Waals surface area (Å²) in [5.74, 6) is 3.81. The van der Waals surface area contributed by atoms with Gasteiger partial charge in [-0.15, -0.1) is 11.8 Å². The first-order valence-corrected chi connectivity index (χ1v) is 18.1. The molecule has 4 bridgehead atoms. The fourth-order valence-electron chi connectivity index (χ4n) is 10.3. The van der Waals surface area contributed by atoms with E-state index in [2.05, 4.69) is 29.0 Å². The fraction of sp³-hybridized carbons (Fsp3) is 0.714. The van der Waals surface area contributed by atoms with Crippen LogP contribution >= 0.6 is 11.8 Å². The lowest BCUT2D eigenvalue weighted by Gasteiger charge is -2.57. The van der Waals surface area contributed by atoms with Crippen molar-refractivity contribution in [1.29, 1.82) is 0 Å². The molecule has 238 valence electrons. The maximum Gasteiger partial charge on any atom is 0.263 e. The third-order valence-corrected chi connectivity index (χ3v) is 12.9. The molecule has 2 saturated heterocycles. The van der Waals surface area contributed by atoms with Gasteiger partial charge in [0.25, 0.3) is 5.56 Å². The maximum absolute atomic E-state index is 13.7. The van der Waals surface area contributed by atoms with Crippen LogP contribution in [0.25, 0.3) is 10.9 Å². The van der Waals surface area contributed by atoms with Crippen LogP contribution in [0.5, 0.6) is 0 Å². The minimum Gasteiger partial charge on any atom is -0.300 e. The Labute approximate surface area is 265 Å². The number of amides is 2. The Hall–Kier alpha value is -2.23. The van der Waals surface area contributed by atoms with Crippen LogP contribution in [0.4, 0.5) is 0 Å². The van der Waals surface area contributed by atoms with E-state index in [0.717, 1.165) is 54.5 Å². The molecule has 2 aliphatic heterocycles. The SMILES string of the molecule is Cc1nc2cccc(SCCCN3CC(C)N(CCC45CC6CC(CC(C6)C4)C5)C(C)C3)c2c(=O)n1C1CCC(=O)NC1=O. The maximum atomic E-state index is 13.7. The highest BCUT2D eigenvalue weighted by Gasteiger charge is 2.50. The van der Waals surface area contributed by atoms with Crippen LogP contribution in [0.1, 0.15) is 89.9 Å². The summed E-state index contributed by atoms with van der Waals surface area (Å²) in [5.41, 5.74) is 1.12. The molecule has 2 aromatic rings. The predicted molar refractivity (Wildman–Crippen MR) is 175 cm³/mol. The van der Waals surface area contributed by atoms with Gasteiger partial charge < -0.3 is 4.90 Å². The number of carbonyl (C=O) groups excluding carboxylic acids is 2. The second kappa shape index (κ2) is 12.2. The second-order valence-electron chi connectivity index (χ2n) is 15.0. The van der Waals surface area contributed by atoms with Gasteiger partial charge in [0.15, 0.2) is 0 Å². The average molecular weight is 620 g/mol. The Balaban J connectivity index is 0.940. The Kier molecular flexibility index (Phi) is 8.42. The van der Waals surface area contributed by atoms with E-state index in [9.17, 15) is 14.4 Å². The fourth-order valence-corrected chi connectivity index (χ4v) is 11.3. The highest BCUT2D eigenvalue weighted by molar-refractivity contribution is 7.99. The topological polar surface area (TPSA) is 87.5 Å². The zero-order valence-corrected chi connectivity index (χ0v) is 27.5. The average Bonchev–Trinajstić information content (AvgIpc) is 2.95. The summed E-state index contributed by atoms with van der Waals surface area (Å²) < 4.78 is 1.49. The van der Waals surface area contributed by atoms with Crippen molar-refractivity contribution in [2.24, 2.45) is 23.2 Å². The van der Waals surface area contributed by atoms with Crippen molar-refractivity contribution in [3.8, 4) is 0 Å². The molecule has 1 N–H and O–H groups in total. The Morgan fingerprint density at radius 1 is 0.977 bits per heavy atom. The first kappa shape index (κ1) is 30.4. The monoisotopic (exact) mass is 619 g/mol. The predicted octanol–water partition coefficient (Wildman–Crippen LogP) is 5.17. The smallest absolute Gasteiger partial charge is 0.263 e. The summed E-state index contributed by atoms with van der Waals surface area (Å²) in [6, 6.07) is 6.28. The number of nitrogens with zero attached hydrogens (tertiary/aromatic N) is 4. The van der Waals surface area contributed by atoms with Gasteiger partial charge in [-0.25, -0.2) is 4.98 Å². The van der Waals surface area contributed by atoms with Crippen molar-refractivity contribution in [2.75, 3.05) is 31.9 Å². The van der Waals surface area contributed by atoms with Crippen LogP contribution in [-0.4, -0.2) is 75.2 Å². The zero-order chi connectivity index (χ0) is 30.6. The number of rotatable bonds is 9. The first-order chi connectivity index (χ1) is 21.2. The van der Waals surface area contributed by atoms with Crippen LogP contribution < -0.4 is 10.9 Å². The van der Waals surface area contributed by atoms with Crippen LogP contribution in [-0.2, 0) is 9.59 Å². The molecule has 4 aliphatic carbocycles. The van der Waals surface area contributed by atoms with Crippen molar-refractivity contribution in [1.82, 2.24) is 24.7 Å². The number of nitrogens with one attached hydrogen (secondary N) is 1. The van der Waals surface area contributed by atoms with Crippen LogP contribution in [0.2, 0.25) is 0 Å². The highest BCUT2D eigenvalue weighted by Crippen LogP contribution is 2.61. The number of carbonyl (C=O) groups is 2. The molecule has 0 radical (unpaired) electrons. The number of hydrogen-bond acceptors (Lipinski definition) is 7. The third-order valence-electron chi connectivity index (χ3n) is 11.7. The van der Waals surface area contributed by atoms with Gasteiger partial charge in [0, 0.05) is 36.5 Å². The van der Waals surface area contributed by atoms with Gasteiger partial charge >= 0.3 is 0 Å². The van der Waals surface area contributed by atoms with Gasteiger partial charge in [-0.1, -0.05) is 6.07 Å². The minimum absolute atomic E-state index is 0.197. The summed E-state index contributed by atoms with van der Waals surface area (Å²) >= 11 is 1.71. The molecule has 3 unspecified atom stereocenters. The van der Waals surface area contributed by atoms with E-state index >= 15 is 0 Å². The zero-order valence-electron chi connectivity index (χ0n) is 26.7. The lowest BCUT2D eigenvalue weighted by molar-refractivity contribution is -0.135. The number of benzene rings is 1. The molecule has 3 atom stereocenters. The molecule has 0 spiro atoms. The minimum atomic E-state index is -0.703. The van der Waals surface area contributed by atoms with Crippen molar-refractivity contribution >= 4 is 34.5 Å². The van der Waals surface area contributed by atoms with E-state index in [1.165, 1.54) is 56.1 Å². The lowest BCUT2D eigenvalue weighted by Crippen LogP contribution is -2.57. The first-order valence-electron chi connectivity index (χ1n) is 17.1. The quantitative estimate of drug-likeness (QED) is 0.236. The number of thioether (sulfide) groups is 1. The van der Waals surface area contributed by atoms with Crippen LogP contribution in [0, 0.1) is 30.1 Å². The molecule has 8 rings (SSSR count). The summed E-state index contributed by atoms with van der Waals surface area (Å²) in [4.78, 5) is 49.1. The van der Waals surface area contributed by atoms with Crippen LogP contribution in [0.3, 0.4) is 0 Å². The molecule has 6 aliphatic rings. The molecular weight excluding hydrogens is 570 g/mol. The van der Waals surface area contributed by atoms with Gasteiger partial charge in [-0.3, -0.25) is 29.2 Å². The van der Waals surface area contributed by atoms with E-state index in [0.29, 0.717) is 40.6 Å². The Morgan fingerprint density at radius 2 is 1.66 bits per heavy atom. The molecule has 1 aromatic heterocycles. The molecule has 9 heteroatoms. The number of piperidine rings is 1. The molecule has 8 nitrogen and oxygen atoms in total. The van der Waals surface area contributed by atoms with Gasteiger partial charge in [-0.05, 0) is 133 Å². The lowest BCUT2D eigenvalue weighted by atomic mass is 9.49. The molecule has 2 amide bonds. The number of aryl methyl sites for hydroxylation is 1. The molecule has 4 saturated carbocycles. The van der Waals surface area contributed by atoms with Crippen molar-refractivity contribution in [2.45, 2.75) is 108 Å². The van der Waals surface area contributed by atoms with E-state index in [1.54, 1.807) is 18.7 Å². The van der Waals surface area contributed by atoms with Gasteiger partial charge in [-0.2, -0.15) is 0 Å². The Morgan fingerprint density at radius 3 is 2.32 bits per heavy atom. The summed E-state index contributed by atoms with van der Waals surface area (Å²) in [5, 5.41) is 2.95. The van der Waals surface area contributed by atoms with Crippen molar-refractivity contribution < 1.29 is 9.59 Å². The van der Waals surface area contributed by atoms with Gasteiger partial charge in [0.05, 0.1) is 10.9 Å². The molecular formula is C35H49N5O3S. The summed E-state index contributed by atoms with van der Waals surface area (Å²) in [6.45, 7) is 11.2. The second-order valence-corrected chi connectivity index (χ2v) is 16.2. The Bertz CT molecular complexity index is 1440. The number of fused-ring (bicyclic) bond motifs is 1. The summed E-state index contributed by atoms with van der Waals surface area (Å²) in [6.07, 6.45) is 12.1. The third kappa shape index (κ3) is 5.89. The molecule has 6 fully saturated rings. The largest absolute Gasteiger partial charge is 0.300 e. The van der Waals surface area contributed by atoms with E-state index in [-0.39, 0.29) is 17.9 Å². The molecule has 3 heterocycles. The highest BCUT2D eigenvalue weighted by atomic mass is 32.2. The molecule has 1 aromatic carbocycles. The van der Waals surface area contributed by atoms with E-state index in [4.69, 9.17) is 4.98 Å². The number of hydrogen-bond donors (Lipinski definition) is 1. The van der Waals surface area contributed by atoms with Crippen molar-refractivity contribution in [3.05, 3.63) is 34.4 Å². The van der Waals surface area contributed by atoms with E-state index < -0.39 is 11.9 Å². The number of piperazine rings is 1. The van der Waals surface area contributed by atoms with Gasteiger partial charge in [0.1, 0.15) is 11.9 Å². The van der Waals surface area contributed by atoms with E-state index in [1.807, 2.05) is 18.2 Å². The number of aromatic nitrogens is 2. The van der Waals surface area contributed by atoms with Crippen LogP contribution in [0.15, 0.2) is 27.9 Å². The van der Waals surface area contributed by atoms with Crippen molar-refractivity contribution in [3.63, 3.8) is 0 Å². The van der Waals surface area contributed by atoms with Gasteiger partial charge in [0.2, 0.25) is 11.8 Å². The summed E-state index contributed by atoms with van der Waals surface area (Å²) in [7, 11) is 0.